The van der Waals surface area contributed by atoms with Gasteiger partial charge in [-0.15, -0.1) is 0 Å². The summed E-state index contributed by atoms with van der Waals surface area (Å²) in [4.78, 5) is 12.5. The zero-order valence-electron chi connectivity index (χ0n) is 13.8. The molecule has 0 aliphatic carbocycles. The molecule has 1 aliphatic heterocycles. The molecule has 0 aromatic heterocycles. The van der Waals surface area contributed by atoms with E-state index in [1.807, 2.05) is 25.1 Å². The van der Waals surface area contributed by atoms with Gasteiger partial charge in [0, 0.05) is 16.9 Å². The second-order valence-corrected chi connectivity index (χ2v) is 6.82. The van der Waals surface area contributed by atoms with E-state index in [0.717, 1.165) is 29.7 Å². The van der Waals surface area contributed by atoms with Crippen LogP contribution in [0.25, 0.3) is 0 Å². The average Bonchev–Trinajstić information content (AvgIpc) is 3.02. The fraction of sp³-hybridized carbons (Fsp3) is 0.316. The highest BCUT2D eigenvalue weighted by atomic mass is 79.9. The van der Waals surface area contributed by atoms with Gasteiger partial charge < -0.3 is 14.8 Å². The lowest BCUT2D eigenvalue weighted by Gasteiger charge is -2.15. The van der Waals surface area contributed by atoms with Gasteiger partial charge in [0.25, 0.3) is 5.91 Å². The van der Waals surface area contributed by atoms with E-state index in [-0.39, 0.29) is 11.9 Å². The molecular weight excluding hydrogens is 370 g/mol. The first kappa shape index (κ1) is 16.8. The highest BCUT2D eigenvalue weighted by molar-refractivity contribution is 9.10. The molecule has 1 aliphatic rings. The molecule has 1 atom stereocenters. The Hall–Kier alpha value is -2.01. The molecule has 0 unspecified atom stereocenters. The number of hydrogen-bond acceptors (Lipinski definition) is 3. The van der Waals surface area contributed by atoms with Gasteiger partial charge in [-0.05, 0) is 64.7 Å². The highest BCUT2D eigenvalue weighted by Crippen LogP contribution is 2.26. The average molecular weight is 390 g/mol. The molecule has 0 saturated carbocycles. The van der Waals surface area contributed by atoms with Crippen LogP contribution in [0.3, 0.4) is 0 Å². The van der Waals surface area contributed by atoms with Crippen molar-refractivity contribution >= 4 is 21.8 Å². The van der Waals surface area contributed by atoms with Crippen molar-refractivity contribution < 1.29 is 14.3 Å². The molecule has 1 heterocycles. The molecule has 4 nitrogen and oxygen atoms in total. The van der Waals surface area contributed by atoms with Gasteiger partial charge in [-0.2, -0.15) is 0 Å². The van der Waals surface area contributed by atoms with Gasteiger partial charge in [-0.25, -0.2) is 0 Å². The Kier molecular flexibility index (Phi) is 5.09. The fourth-order valence-electron chi connectivity index (χ4n) is 2.88. The number of halogens is 1. The molecule has 0 fully saturated rings. The molecule has 2 aromatic rings. The molecule has 1 amide bonds. The summed E-state index contributed by atoms with van der Waals surface area (Å²) in [6.45, 7) is 2.77. The second kappa shape index (κ2) is 7.26. The van der Waals surface area contributed by atoms with Gasteiger partial charge in [0.1, 0.15) is 11.5 Å². The molecule has 0 spiro atoms. The number of hydrogen-bond donors (Lipinski definition) is 1. The normalized spacial score (nSPS) is 13.8. The molecule has 0 radical (unpaired) electrons. The van der Waals surface area contributed by atoms with Gasteiger partial charge >= 0.3 is 0 Å². The van der Waals surface area contributed by atoms with Gasteiger partial charge in [0.15, 0.2) is 0 Å². The standard InChI is InChI=1S/C19H20BrNO3/c1-12(9-13-3-6-18-14(10-13)7-8-24-18)21-19(22)16-11-15(23-2)4-5-17(16)20/h3-6,10-12H,7-9H2,1-2H3,(H,21,22)/t12-/m0/s1. The zero-order chi connectivity index (χ0) is 17.1. The van der Waals surface area contributed by atoms with Crippen molar-refractivity contribution in [3.8, 4) is 11.5 Å². The first-order valence-electron chi connectivity index (χ1n) is 7.96. The summed E-state index contributed by atoms with van der Waals surface area (Å²) in [6, 6.07) is 11.6. The highest BCUT2D eigenvalue weighted by Gasteiger charge is 2.16. The van der Waals surface area contributed by atoms with Gasteiger partial charge in [0.2, 0.25) is 0 Å². The number of ether oxygens (including phenoxy) is 2. The largest absolute Gasteiger partial charge is 0.497 e. The molecule has 0 bridgehead atoms. The Morgan fingerprint density at radius 3 is 2.96 bits per heavy atom. The van der Waals surface area contributed by atoms with Crippen molar-refractivity contribution in [3.63, 3.8) is 0 Å². The van der Waals surface area contributed by atoms with Crippen LogP contribution in [0.1, 0.15) is 28.4 Å². The Morgan fingerprint density at radius 1 is 1.33 bits per heavy atom. The summed E-state index contributed by atoms with van der Waals surface area (Å²) in [7, 11) is 1.59. The minimum absolute atomic E-state index is 0.0240. The Morgan fingerprint density at radius 2 is 2.17 bits per heavy atom. The summed E-state index contributed by atoms with van der Waals surface area (Å²) >= 11 is 3.42. The summed E-state index contributed by atoms with van der Waals surface area (Å²) in [5.41, 5.74) is 3.03. The second-order valence-electron chi connectivity index (χ2n) is 5.96. The van der Waals surface area contributed by atoms with Crippen molar-refractivity contribution in [1.82, 2.24) is 5.32 Å². The van der Waals surface area contributed by atoms with Gasteiger partial charge in [0.05, 0.1) is 19.3 Å². The van der Waals surface area contributed by atoms with E-state index in [1.54, 1.807) is 13.2 Å². The fourth-order valence-corrected chi connectivity index (χ4v) is 3.31. The molecule has 0 saturated heterocycles. The van der Waals surface area contributed by atoms with Crippen molar-refractivity contribution in [3.05, 3.63) is 57.6 Å². The molecule has 5 heteroatoms. The van der Waals surface area contributed by atoms with E-state index in [0.29, 0.717) is 11.3 Å². The maximum atomic E-state index is 12.5. The van der Waals surface area contributed by atoms with Gasteiger partial charge in [-0.3, -0.25) is 4.79 Å². The number of benzene rings is 2. The van der Waals surface area contributed by atoms with Crippen LogP contribution < -0.4 is 14.8 Å². The van der Waals surface area contributed by atoms with Crippen LogP contribution in [0.4, 0.5) is 0 Å². The maximum Gasteiger partial charge on any atom is 0.252 e. The third-order valence-corrected chi connectivity index (χ3v) is 4.78. The Balaban J connectivity index is 1.66. The third kappa shape index (κ3) is 3.73. The number of nitrogens with one attached hydrogen (secondary N) is 1. The summed E-state index contributed by atoms with van der Waals surface area (Å²) in [5, 5.41) is 3.05. The summed E-state index contributed by atoms with van der Waals surface area (Å²) in [5.74, 6) is 1.53. The monoisotopic (exact) mass is 389 g/mol. The lowest BCUT2D eigenvalue weighted by Crippen LogP contribution is -2.34. The molecule has 126 valence electrons. The third-order valence-electron chi connectivity index (χ3n) is 4.09. The smallest absolute Gasteiger partial charge is 0.252 e. The van der Waals surface area contributed by atoms with Crippen LogP contribution in [0.2, 0.25) is 0 Å². The lowest BCUT2D eigenvalue weighted by atomic mass is 10.0. The topological polar surface area (TPSA) is 47.6 Å². The number of carbonyl (C=O) groups is 1. The van der Waals surface area contributed by atoms with Crippen molar-refractivity contribution in [2.45, 2.75) is 25.8 Å². The zero-order valence-corrected chi connectivity index (χ0v) is 15.4. The van der Waals surface area contributed by atoms with Crippen LogP contribution in [-0.4, -0.2) is 25.7 Å². The van der Waals surface area contributed by atoms with E-state index >= 15 is 0 Å². The van der Waals surface area contributed by atoms with Crippen LogP contribution in [0, 0.1) is 0 Å². The predicted octanol–water partition coefficient (Wildman–Crippen LogP) is 3.75. The molecule has 1 N–H and O–H groups in total. The van der Waals surface area contributed by atoms with E-state index in [4.69, 9.17) is 9.47 Å². The predicted molar refractivity (Wildman–Crippen MR) is 97.0 cm³/mol. The minimum atomic E-state index is -0.113. The van der Waals surface area contributed by atoms with Crippen molar-refractivity contribution in [2.24, 2.45) is 0 Å². The summed E-state index contributed by atoms with van der Waals surface area (Å²) < 4.78 is 11.5. The van der Waals surface area contributed by atoms with E-state index in [9.17, 15) is 4.79 Å². The van der Waals surface area contributed by atoms with Crippen molar-refractivity contribution in [2.75, 3.05) is 13.7 Å². The number of amides is 1. The van der Waals surface area contributed by atoms with E-state index in [2.05, 4.69) is 33.4 Å². The molecule has 24 heavy (non-hydrogen) atoms. The van der Waals surface area contributed by atoms with Crippen molar-refractivity contribution in [1.29, 1.82) is 0 Å². The summed E-state index contributed by atoms with van der Waals surface area (Å²) in [6.07, 6.45) is 1.74. The first-order chi connectivity index (χ1) is 11.6. The van der Waals surface area contributed by atoms with Crippen LogP contribution >= 0.6 is 15.9 Å². The quantitative estimate of drug-likeness (QED) is 0.846. The minimum Gasteiger partial charge on any atom is -0.497 e. The van der Waals surface area contributed by atoms with Gasteiger partial charge in [-0.1, -0.05) is 12.1 Å². The van der Waals surface area contributed by atoms with Crippen LogP contribution in [0.15, 0.2) is 40.9 Å². The Labute approximate surface area is 150 Å². The lowest BCUT2D eigenvalue weighted by molar-refractivity contribution is 0.0939. The number of rotatable bonds is 5. The maximum absolute atomic E-state index is 12.5. The number of carbonyl (C=O) groups excluding carboxylic acids is 1. The van der Waals surface area contributed by atoms with E-state index in [1.165, 1.54) is 11.1 Å². The molecular formula is C19H20BrNO3. The van der Waals surface area contributed by atoms with Crippen LogP contribution in [0.5, 0.6) is 11.5 Å². The SMILES string of the molecule is COc1ccc(Br)c(C(=O)N[C@@H](C)Cc2ccc3c(c2)CCO3)c1. The molecule has 3 rings (SSSR count). The molecule has 2 aromatic carbocycles. The Bertz CT molecular complexity index is 760. The first-order valence-corrected chi connectivity index (χ1v) is 8.75. The van der Waals surface area contributed by atoms with Crippen LogP contribution in [-0.2, 0) is 12.8 Å². The number of methoxy groups -OCH3 is 1. The van der Waals surface area contributed by atoms with E-state index < -0.39 is 0 Å². The number of fused-ring (bicyclic) bond motifs is 1.